The van der Waals surface area contributed by atoms with Crippen LogP contribution in [0, 0.1) is 0 Å². The first-order chi connectivity index (χ1) is 12.1. The zero-order chi connectivity index (χ0) is 17.8. The van der Waals surface area contributed by atoms with Crippen LogP contribution < -0.4 is 5.32 Å². The number of benzene rings is 2. The monoisotopic (exact) mass is 356 g/mol. The van der Waals surface area contributed by atoms with E-state index in [-0.39, 0.29) is 17.9 Å². The summed E-state index contributed by atoms with van der Waals surface area (Å²) in [5, 5.41) is 3.21. The molecule has 1 atom stereocenters. The first-order valence-corrected chi connectivity index (χ1v) is 8.91. The zero-order valence-electron chi connectivity index (χ0n) is 14.2. The summed E-state index contributed by atoms with van der Waals surface area (Å²) in [5.74, 6) is -0.217. The highest BCUT2D eigenvalue weighted by atomic mass is 35.5. The van der Waals surface area contributed by atoms with Gasteiger partial charge < -0.3 is 10.2 Å². The van der Waals surface area contributed by atoms with Gasteiger partial charge in [0.15, 0.2) is 0 Å². The lowest BCUT2D eigenvalue weighted by Gasteiger charge is -2.33. The molecule has 1 aliphatic rings. The van der Waals surface area contributed by atoms with Gasteiger partial charge in [-0.15, -0.1) is 0 Å². The molecule has 4 nitrogen and oxygen atoms in total. The van der Waals surface area contributed by atoms with Gasteiger partial charge in [-0.05, 0) is 62.6 Å². The Kier molecular flexibility index (Phi) is 5.39. The van der Waals surface area contributed by atoms with E-state index in [1.54, 1.807) is 48.5 Å². The highest BCUT2D eigenvalue weighted by molar-refractivity contribution is 6.34. The van der Waals surface area contributed by atoms with Crippen LogP contribution in [0.3, 0.4) is 0 Å². The van der Waals surface area contributed by atoms with Crippen molar-refractivity contribution in [1.29, 1.82) is 0 Å². The molecular weight excluding hydrogens is 336 g/mol. The van der Waals surface area contributed by atoms with E-state index < -0.39 is 0 Å². The quantitative estimate of drug-likeness (QED) is 0.873. The van der Waals surface area contributed by atoms with Gasteiger partial charge in [-0.2, -0.15) is 0 Å². The van der Waals surface area contributed by atoms with Gasteiger partial charge in [0.1, 0.15) is 0 Å². The number of piperidine rings is 1. The minimum Gasteiger partial charge on any atom is -0.336 e. The van der Waals surface area contributed by atoms with Crippen LogP contribution in [0.1, 0.15) is 46.9 Å². The topological polar surface area (TPSA) is 49.4 Å². The zero-order valence-corrected chi connectivity index (χ0v) is 14.9. The fourth-order valence-corrected chi connectivity index (χ4v) is 3.33. The summed E-state index contributed by atoms with van der Waals surface area (Å²) in [6.45, 7) is 2.90. The van der Waals surface area contributed by atoms with Crippen molar-refractivity contribution in [3.63, 3.8) is 0 Å². The lowest BCUT2D eigenvalue weighted by Crippen LogP contribution is -2.42. The van der Waals surface area contributed by atoms with Crippen molar-refractivity contribution in [3.05, 3.63) is 64.7 Å². The molecule has 1 aliphatic heterocycles. The molecule has 0 radical (unpaired) electrons. The first kappa shape index (κ1) is 17.5. The van der Waals surface area contributed by atoms with Gasteiger partial charge in [0, 0.05) is 23.8 Å². The molecule has 2 amide bonds. The number of halogens is 1. The van der Waals surface area contributed by atoms with Crippen LogP contribution in [0.25, 0.3) is 0 Å². The number of hydrogen-bond acceptors (Lipinski definition) is 2. The van der Waals surface area contributed by atoms with Crippen molar-refractivity contribution >= 4 is 29.1 Å². The number of nitrogens with one attached hydrogen (secondary N) is 1. The van der Waals surface area contributed by atoms with Crippen molar-refractivity contribution < 1.29 is 9.59 Å². The SMILES string of the molecule is C[C@@H]1CCCCN1C(=O)c1ccc(NC(=O)c2ccccc2Cl)cc1. The Morgan fingerprint density at radius 3 is 2.48 bits per heavy atom. The van der Waals surface area contributed by atoms with E-state index >= 15 is 0 Å². The number of likely N-dealkylation sites (tertiary alicyclic amines) is 1. The average molecular weight is 357 g/mol. The van der Waals surface area contributed by atoms with Crippen LogP contribution in [0.2, 0.25) is 5.02 Å². The smallest absolute Gasteiger partial charge is 0.257 e. The molecule has 0 aliphatic carbocycles. The lowest BCUT2D eigenvalue weighted by molar-refractivity contribution is 0.0635. The Hall–Kier alpha value is -2.33. The molecule has 1 heterocycles. The van der Waals surface area contributed by atoms with Gasteiger partial charge in [0.05, 0.1) is 10.6 Å². The molecule has 1 fully saturated rings. The fraction of sp³-hybridized carbons (Fsp3) is 0.300. The third-order valence-electron chi connectivity index (χ3n) is 4.57. The molecule has 3 rings (SSSR count). The maximum absolute atomic E-state index is 12.6. The number of rotatable bonds is 3. The maximum Gasteiger partial charge on any atom is 0.257 e. The standard InChI is InChI=1S/C20H21ClN2O2/c1-14-6-4-5-13-23(14)20(25)15-9-11-16(12-10-15)22-19(24)17-7-2-3-8-18(17)21/h2-3,7-12,14H,4-6,13H2,1H3,(H,22,24)/t14-/m1/s1. The van der Waals surface area contributed by atoms with E-state index in [0.29, 0.717) is 21.8 Å². The van der Waals surface area contributed by atoms with Gasteiger partial charge in [-0.1, -0.05) is 23.7 Å². The predicted octanol–water partition coefficient (Wildman–Crippen LogP) is 4.61. The summed E-state index contributed by atoms with van der Waals surface area (Å²) in [7, 11) is 0. The average Bonchev–Trinajstić information content (AvgIpc) is 2.62. The number of carbonyl (C=O) groups excluding carboxylic acids is 2. The first-order valence-electron chi connectivity index (χ1n) is 8.53. The van der Waals surface area contributed by atoms with Crippen molar-refractivity contribution in [2.24, 2.45) is 0 Å². The Labute approximate surface area is 152 Å². The minimum atomic E-state index is -0.269. The highest BCUT2D eigenvalue weighted by Gasteiger charge is 2.24. The van der Waals surface area contributed by atoms with Crippen molar-refractivity contribution in [2.45, 2.75) is 32.2 Å². The van der Waals surface area contributed by atoms with Gasteiger partial charge in [-0.25, -0.2) is 0 Å². The molecule has 0 spiro atoms. The number of anilines is 1. The second kappa shape index (κ2) is 7.70. The molecule has 1 N–H and O–H groups in total. The predicted molar refractivity (Wildman–Crippen MR) is 100 cm³/mol. The van der Waals surface area contributed by atoms with Crippen LogP contribution in [-0.2, 0) is 0 Å². The van der Waals surface area contributed by atoms with E-state index in [1.165, 1.54) is 6.42 Å². The summed E-state index contributed by atoms with van der Waals surface area (Å²) < 4.78 is 0. The second-order valence-corrected chi connectivity index (χ2v) is 6.76. The summed E-state index contributed by atoms with van der Waals surface area (Å²) in [4.78, 5) is 26.8. The summed E-state index contributed by atoms with van der Waals surface area (Å²) >= 11 is 6.04. The second-order valence-electron chi connectivity index (χ2n) is 6.35. The van der Waals surface area contributed by atoms with Crippen molar-refractivity contribution in [3.8, 4) is 0 Å². The Morgan fingerprint density at radius 2 is 1.80 bits per heavy atom. The van der Waals surface area contributed by atoms with Crippen LogP contribution in [-0.4, -0.2) is 29.3 Å². The largest absolute Gasteiger partial charge is 0.336 e. The lowest BCUT2D eigenvalue weighted by atomic mass is 10.0. The fourth-order valence-electron chi connectivity index (χ4n) is 3.11. The molecular formula is C20H21ClN2O2. The van der Waals surface area contributed by atoms with Crippen molar-refractivity contribution in [2.75, 3.05) is 11.9 Å². The van der Waals surface area contributed by atoms with E-state index in [9.17, 15) is 9.59 Å². The van der Waals surface area contributed by atoms with Crippen LogP contribution >= 0.6 is 11.6 Å². The molecule has 1 saturated heterocycles. The summed E-state index contributed by atoms with van der Waals surface area (Å²) in [6, 6.07) is 14.2. The van der Waals surface area contributed by atoms with Crippen LogP contribution in [0.4, 0.5) is 5.69 Å². The molecule has 0 unspecified atom stereocenters. The van der Waals surface area contributed by atoms with Gasteiger partial charge in [0.25, 0.3) is 11.8 Å². The van der Waals surface area contributed by atoms with E-state index in [0.717, 1.165) is 19.4 Å². The van der Waals surface area contributed by atoms with Gasteiger partial charge >= 0.3 is 0 Å². The van der Waals surface area contributed by atoms with E-state index in [1.807, 2.05) is 4.90 Å². The van der Waals surface area contributed by atoms with Crippen LogP contribution in [0.5, 0.6) is 0 Å². The Bertz CT molecular complexity index is 774. The highest BCUT2D eigenvalue weighted by Crippen LogP contribution is 2.21. The van der Waals surface area contributed by atoms with E-state index in [2.05, 4.69) is 12.2 Å². The number of hydrogen-bond donors (Lipinski definition) is 1. The number of carbonyl (C=O) groups is 2. The summed E-state index contributed by atoms with van der Waals surface area (Å²) in [5.41, 5.74) is 1.70. The third-order valence-corrected chi connectivity index (χ3v) is 4.90. The van der Waals surface area contributed by atoms with Crippen molar-refractivity contribution in [1.82, 2.24) is 4.90 Å². The molecule has 5 heteroatoms. The molecule has 0 saturated carbocycles. The summed E-state index contributed by atoms with van der Waals surface area (Å²) in [6.07, 6.45) is 3.29. The third kappa shape index (κ3) is 4.02. The number of nitrogens with zero attached hydrogens (tertiary/aromatic N) is 1. The normalized spacial score (nSPS) is 17.2. The molecule has 130 valence electrons. The Balaban J connectivity index is 1.69. The molecule has 2 aromatic carbocycles. The van der Waals surface area contributed by atoms with Crippen LogP contribution in [0.15, 0.2) is 48.5 Å². The maximum atomic E-state index is 12.6. The van der Waals surface area contributed by atoms with Gasteiger partial charge in [-0.3, -0.25) is 9.59 Å². The molecule has 0 bridgehead atoms. The van der Waals surface area contributed by atoms with Gasteiger partial charge in [0.2, 0.25) is 0 Å². The van der Waals surface area contributed by atoms with E-state index in [4.69, 9.17) is 11.6 Å². The molecule has 0 aromatic heterocycles. The molecule has 2 aromatic rings. The molecule has 25 heavy (non-hydrogen) atoms. The Morgan fingerprint density at radius 1 is 1.08 bits per heavy atom. The number of amides is 2. The minimum absolute atomic E-state index is 0.0520.